The summed E-state index contributed by atoms with van der Waals surface area (Å²) in [5, 5.41) is 10.5. The Morgan fingerprint density at radius 3 is 2.32 bits per heavy atom. The second-order valence-electron chi connectivity index (χ2n) is 9.33. The summed E-state index contributed by atoms with van der Waals surface area (Å²) in [6.45, 7) is 2.21. The van der Waals surface area contributed by atoms with Crippen LogP contribution in [-0.2, 0) is 9.59 Å². The van der Waals surface area contributed by atoms with Crippen LogP contribution in [0.5, 0.6) is 5.75 Å². The zero-order valence-corrected chi connectivity index (χ0v) is 18.7. The Balaban J connectivity index is 1.03. The first-order valence-electron chi connectivity index (χ1n) is 11.6. The number of ether oxygens (including phenoxy) is 1. The van der Waals surface area contributed by atoms with Gasteiger partial charge >= 0.3 is 0 Å². The van der Waals surface area contributed by atoms with Crippen molar-refractivity contribution in [2.75, 3.05) is 36.4 Å². The van der Waals surface area contributed by atoms with E-state index in [1.807, 2.05) is 6.07 Å². The Morgan fingerprint density at radius 2 is 1.68 bits per heavy atom. The number of likely N-dealkylation sites (tertiary alicyclic amines) is 1. The first kappa shape index (κ1) is 22.5. The Kier molecular flexibility index (Phi) is 6.05. The second-order valence-corrected chi connectivity index (χ2v) is 9.33. The molecule has 0 unspecified atom stereocenters. The van der Waals surface area contributed by atoms with Crippen LogP contribution in [0.1, 0.15) is 25.7 Å². The number of nitrogens with one attached hydrogen (secondary N) is 1. The molecule has 3 fully saturated rings. The van der Waals surface area contributed by atoms with Gasteiger partial charge in [-0.2, -0.15) is 10.2 Å². The first-order valence-corrected chi connectivity index (χ1v) is 11.6. The van der Waals surface area contributed by atoms with Gasteiger partial charge in [0.05, 0.1) is 37.1 Å². The van der Waals surface area contributed by atoms with Crippen molar-refractivity contribution in [3.8, 4) is 5.75 Å². The van der Waals surface area contributed by atoms with E-state index in [2.05, 4.69) is 20.4 Å². The summed E-state index contributed by atoms with van der Waals surface area (Å²) in [6.07, 6.45) is 3.29. The van der Waals surface area contributed by atoms with E-state index in [0.717, 1.165) is 5.69 Å². The molecule has 3 heterocycles. The van der Waals surface area contributed by atoms with E-state index in [0.29, 0.717) is 37.6 Å². The molecule has 2 amide bonds. The predicted molar refractivity (Wildman–Crippen MR) is 121 cm³/mol. The van der Waals surface area contributed by atoms with Crippen LogP contribution in [0.2, 0.25) is 0 Å². The molecule has 0 radical (unpaired) electrons. The fraction of sp³-hybridized carbons (Fsp3) is 0.500. The van der Waals surface area contributed by atoms with E-state index in [1.54, 1.807) is 41.6 Å². The van der Waals surface area contributed by atoms with Crippen molar-refractivity contribution in [2.45, 2.75) is 37.7 Å². The van der Waals surface area contributed by atoms with Gasteiger partial charge < -0.3 is 19.9 Å². The van der Waals surface area contributed by atoms with Crippen molar-refractivity contribution < 1.29 is 23.1 Å². The maximum absolute atomic E-state index is 13.3. The first-order chi connectivity index (χ1) is 16.4. The summed E-state index contributed by atoms with van der Waals surface area (Å²) >= 11 is 0. The second kappa shape index (κ2) is 9.15. The number of aromatic nitrogens is 2. The van der Waals surface area contributed by atoms with E-state index in [9.17, 15) is 18.4 Å². The van der Waals surface area contributed by atoms with Crippen LogP contribution in [0.15, 0.2) is 42.7 Å². The maximum Gasteiger partial charge on any atom is 0.248 e. The number of benzene rings is 1. The van der Waals surface area contributed by atoms with Gasteiger partial charge in [-0.3, -0.25) is 9.59 Å². The number of nitrogens with zero attached hydrogens (tertiary/aromatic N) is 4. The van der Waals surface area contributed by atoms with Gasteiger partial charge in [0.15, 0.2) is 0 Å². The van der Waals surface area contributed by atoms with Crippen molar-refractivity contribution in [1.82, 2.24) is 15.1 Å². The summed E-state index contributed by atoms with van der Waals surface area (Å²) in [6, 6.07) is 9.03. The number of carbonyl (C=O) groups is 2. The van der Waals surface area contributed by atoms with Gasteiger partial charge in [0, 0.05) is 37.5 Å². The highest BCUT2D eigenvalue weighted by Gasteiger charge is 2.41. The lowest BCUT2D eigenvalue weighted by Crippen LogP contribution is -2.58. The number of anilines is 2. The standard InChI is InChI=1S/C24H27F2N5O3/c25-24(26)8-5-16(6-9-24)23(33)31-14-21(15-31)34-20-3-1-18(2-4-20)29-22(32)17-12-30(13-17)19-7-10-27-28-11-19/h1-4,7,10-11,16-17,21H,5-6,8-9,12-15H2,(H,29,32). The summed E-state index contributed by atoms with van der Waals surface area (Å²) in [5.41, 5.74) is 1.65. The van der Waals surface area contributed by atoms with Gasteiger partial charge in [0.1, 0.15) is 11.9 Å². The minimum absolute atomic E-state index is 0.0273. The van der Waals surface area contributed by atoms with Crippen LogP contribution in [-0.4, -0.2) is 65.1 Å². The quantitative estimate of drug-likeness (QED) is 0.697. The normalized spacial score (nSPS) is 20.9. The highest BCUT2D eigenvalue weighted by molar-refractivity contribution is 5.94. The lowest BCUT2D eigenvalue weighted by Gasteiger charge is -2.41. The molecule has 34 heavy (non-hydrogen) atoms. The molecule has 2 aliphatic heterocycles. The van der Waals surface area contributed by atoms with Crippen LogP contribution in [0.4, 0.5) is 20.2 Å². The van der Waals surface area contributed by atoms with Gasteiger partial charge in [-0.05, 0) is 43.2 Å². The molecular formula is C24H27F2N5O3. The van der Waals surface area contributed by atoms with E-state index in [-0.39, 0.29) is 55.4 Å². The third kappa shape index (κ3) is 4.95. The smallest absolute Gasteiger partial charge is 0.248 e. The van der Waals surface area contributed by atoms with Gasteiger partial charge in [-0.1, -0.05) is 0 Å². The van der Waals surface area contributed by atoms with Crippen LogP contribution >= 0.6 is 0 Å². The zero-order valence-electron chi connectivity index (χ0n) is 18.7. The monoisotopic (exact) mass is 471 g/mol. The fourth-order valence-corrected chi connectivity index (χ4v) is 4.62. The number of alkyl halides is 2. The third-order valence-corrected chi connectivity index (χ3v) is 6.84. The summed E-state index contributed by atoms with van der Waals surface area (Å²) < 4.78 is 32.5. The van der Waals surface area contributed by atoms with Crippen LogP contribution in [0.25, 0.3) is 0 Å². The van der Waals surface area contributed by atoms with Crippen LogP contribution < -0.4 is 15.0 Å². The molecule has 1 N–H and O–H groups in total. The average Bonchev–Trinajstić information content (AvgIpc) is 2.76. The van der Waals surface area contributed by atoms with Gasteiger partial charge in [-0.15, -0.1) is 0 Å². The van der Waals surface area contributed by atoms with Crippen LogP contribution in [0, 0.1) is 11.8 Å². The summed E-state index contributed by atoms with van der Waals surface area (Å²) in [7, 11) is 0. The lowest BCUT2D eigenvalue weighted by atomic mass is 9.85. The SMILES string of the molecule is O=C(Nc1ccc(OC2CN(C(=O)C3CCC(F)(F)CC3)C2)cc1)C1CN(c2ccnnc2)C1. The van der Waals surface area contributed by atoms with Crippen molar-refractivity contribution in [2.24, 2.45) is 11.8 Å². The molecule has 1 aromatic heterocycles. The highest BCUT2D eigenvalue weighted by Crippen LogP contribution is 2.37. The van der Waals surface area contributed by atoms with E-state index in [4.69, 9.17) is 4.74 Å². The topological polar surface area (TPSA) is 87.7 Å². The van der Waals surface area contributed by atoms with Gasteiger partial charge in [-0.25, -0.2) is 8.78 Å². The maximum atomic E-state index is 13.3. The van der Waals surface area contributed by atoms with Crippen molar-refractivity contribution in [3.05, 3.63) is 42.7 Å². The molecule has 180 valence electrons. The van der Waals surface area contributed by atoms with Gasteiger partial charge in [0.2, 0.25) is 17.7 Å². The number of rotatable bonds is 6. The third-order valence-electron chi connectivity index (χ3n) is 6.84. The Labute approximate surface area is 196 Å². The number of hydrogen-bond acceptors (Lipinski definition) is 6. The zero-order chi connectivity index (χ0) is 23.7. The molecule has 1 aliphatic carbocycles. The molecule has 0 spiro atoms. The molecule has 2 aromatic rings. The molecule has 10 heteroatoms. The predicted octanol–water partition coefficient (Wildman–Crippen LogP) is 2.97. The molecule has 2 saturated heterocycles. The Morgan fingerprint density at radius 1 is 0.971 bits per heavy atom. The highest BCUT2D eigenvalue weighted by atomic mass is 19.3. The van der Waals surface area contributed by atoms with E-state index >= 15 is 0 Å². The van der Waals surface area contributed by atoms with Crippen LogP contribution in [0.3, 0.4) is 0 Å². The van der Waals surface area contributed by atoms with Crippen molar-refractivity contribution in [3.63, 3.8) is 0 Å². The molecule has 0 atom stereocenters. The average molecular weight is 472 g/mol. The molecular weight excluding hydrogens is 444 g/mol. The molecule has 1 aromatic carbocycles. The number of carbonyl (C=O) groups excluding carboxylic acids is 2. The molecule has 3 aliphatic rings. The lowest BCUT2D eigenvalue weighted by molar-refractivity contribution is -0.148. The van der Waals surface area contributed by atoms with Crippen molar-refractivity contribution >= 4 is 23.2 Å². The van der Waals surface area contributed by atoms with E-state index < -0.39 is 5.92 Å². The fourth-order valence-electron chi connectivity index (χ4n) is 4.62. The Bertz CT molecular complexity index is 1010. The number of hydrogen-bond donors (Lipinski definition) is 1. The summed E-state index contributed by atoms with van der Waals surface area (Å²) in [5.74, 6) is -2.42. The molecule has 5 rings (SSSR count). The summed E-state index contributed by atoms with van der Waals surface area (Å²) in [4.78, 5) is 28.7. The molecule has 8 nitrogen and oxygen atoms in total. The largest absolute Gasteiger partial charge is 0.487 e. The molecule has 1 saturated carbocycles. The minimum Gasteiger partial charge on any atom is -0.487 e. The van der Waals surface area contributed by atoms with E-state index in [1.165, 1.54) is 0 Å². The number of halogens is 2. The number of amides is 2. The Hall–Kier alpha value is -3.30. The van der Waals surface area contributed by atoms with Gasteiger partial charge in [0.25, 0.3) is 0 Å². The minimum atomic E-state index is -2.63. The molecule has 0 bridgehead atoms. The van der Waals surface area contributed by atoms with Crippen molar-refractivity contribution in [1.29, 1.82) is 0 Å².